The Morgan fingerprint density at radius 3 is 0.845 bits per heavy atom. The zero-order valence-corrected chi connectivity index (χ0v) is 39.5. The van der Waals surface area contributed by atoms with Crippen molar-refractivity contribution >= 4 is 17.9 Å². The summed E-state index contributed by atoms with van der Waals surface area (Å²) in [5.41, 5.74) is 0. The molecule has 0 amide bonds. The third-order valence-electron chi connectivity index (χ3n) is 11.8. The van der Waals surface area contributed by atoms with Gasteiger partial charge in [0, 0.05) is 19.3 Å². The molecular formula is C52H100O6. The van der Waals surface area contributed by atoms with Crippen molar-refractivity contribution in [2.45, 2.75) is 297 Å². The van der Waals surface area contributed by atoms with E-state index in [4.69, 9.17) is 14.2 Å². The first-order chi connectivity index (χ1) is 28.4. The van der Waals surface area contributed by atoms with Crippen molar-refractivity contribution in [3.8, 4) is 0 Å². The van der Waals surface area contributed by atoms with E-state index in [9.17, 15) is 14.4 Å². The van der Waals surface area contributed by atoms with Crippen LogP contribution < -0.4 is 0 Å². The van der Waals surface area contributed by atoms with Crippen LogP contribution in [0.5, 0.6) is 0 Å². The minimum Gasteiger partial charge on any atom is -0.462 e. The summed E-state index contributed by atoms with van der Waals surface area (Å²) in [5.74, 6) is -0.0279. The SMILES string of the molecule is CCCCCCCCCCCCCCCCCCCC(=O)O[C@@H](COC(=O)CCCCCCCCCCCC)COC(=O)CCCCCCCCCCCCC(C)C. The second-order valence-electron chi connectivity index (χ2n) is 18.3. The average molecular weight is 821 g/mol. The van der Waals surface area contributed by atoms with Gasteiger partial charge < -0.3 is 14.2 Å². The van der Waals surface area contributed by atoms with Crippen molar-refractivity contribution in [3.63, 3.8) is 0 Å². The number of rotatable bonds is 47. The first-order valence-electron chi connectivity index (χ1n) is 25.9. The summed E-state index contributed by atoms with van der Waals surface area (Å²) in [6.45, 7) is 9.01. The number of hydrogen-bond acceptors (Lipinski definition) is 6. The van der Waals surface area contributed by atoms with Gasteiger partial charge in [-0.05, 0) is 25.2 Å². The van der Waals surface area contributed by atoms with Gasteiger partial charge in [0.2, 0.25) is 0 Å². The van der Waals surface area contributed by atoms with Gasteiger partial charge in [0.1, 0.15) is 13.2 Å². The standard InChI is InChI=1S/C52H100O6/c1-5-7-9-11-13-15-17-18-19-20-21-22-23-29-33-37-41-45-52(55)58-49(46-56-50(53)43-39-35-31-27-16-14-12-10-8-6-2)47-57-51(54)44-40-36-32-28-25-24-26-30-34-38-42-48(3)4/h48-49H,5-47H2,1-4H3/t49-/m0/s1. The molecule has 1 atom stereocenters. The number of hydrogen-bond donors (Lipinski definition) is 0. The van der Waals surface area contributed by atoms with Gasteiger partial charge in [-0.3, -0.25) is 14.4 Å². The molecule has 6 nitrogen and oxygen atoms in total. The first-order valence-corrected chi connectivity index (χ1v) is 25.9. The van der Waals surface area contributed by atoms with Gasteiger partial charge in [0.15, 0.2) is 6.10 Å². The van der Waals surface area contributed by atoms with Gasteiger partial charge in [-0.25, -0.2) is 0 Å². The summed E-state index contributed by atoms with van der Waals surface area (Å²) in [5, 5.41) is 0. The summed E-state index contributed by atoms with van der Waals surface area (Å²) >= 11 is 0. The van der Waals surface area contributed by atoms with Crippen LogP contribution in [0.4, 0.5) is 0 Å². The van der Waals surface area contributed by atoms with E-state index in [1.54, 1.807) is 0 Å². The molecule has 0 radical (unpaired) electrons. The molecule has 58 heavy (non-hydrogen) atoms. The van der Waals surface area contributed by atoms with Crippen LogP contribution in [-0.2, 0) is 28.6 Å². The summed E-state index contributed by atoms with van der Waals surface area (Å²) in [4.78, 5) is 37.9. The maximum absolute atomic E-state index is 12.8. The lowest BCUT2D eigenvalue weighted by molar-refractivity contribution is -0.167. The first kappa shape index (κ1) is 56.4. The van der Waals surface area contributed by atoms with E-state index in [0.29, 0.717) is 19.3 Å². The number of ether oxygens (including phenoxy) is 3. The van der Waals surface area contributed by atoms with Gasteiger partial charge in [-0.1, -0.05) is 252 Å². The molecule has 0 aromatic carbocycles. The van der Waals surface area contributed by atoms with Crippen molar-refractivity contribution < 1.29 is 28.6 Å². The third-order valence-corrected chi connectivity index (χ3v) is 11.8. The predicted octanol–water partition coefficient (Wildman–Crippen LogP) is 16.7. The summed E-state index contributed by atoms with van der Waals surface area (Å²) in [6, 6.07) is 0. The highest BCUT2D eigenvalue weighted by Crippen LogP contribution is 2.17. The van der Waals surface area contributed by atoms with Gasteiger partial charge in [-0.15, -0.1) is 0 Å². The zero-order valence-electron chi connectivity index (χ0n) is 39.5. The van der Waals surface area contributed by atoms with Crippen molar-refractivity contribution in [1.82, 2.24) is 0 Å². The van der Waals surface area contributed by atoms with Crippen molar-refractivity contribution in [2.24, 2.45) is 5.92 Å². The van der Waals surface area contributed by atoms with E-state index in [1.165, 1.54) is 186 Å². The van der Waals surface area contributed by atoms with Crippen LogP contribution in [0.2, 0.25) is 0 Å². The third kappa shape index (κ3) is 45.5. The number of esters is 3. The molecule has 0 saturated carbocycles. The van der Waals surface area contributed by atoms with E-state index in [2.05, 4.69) is 27.7 Å². The lowest BCUT2D eigenvalue weighted by atomic mass is 10.0. The van der Waals surface area contributed by atoms with Crippen LogP contribution >= 0.6 is 0 Å². The predicted molar refractivity (Wildman–Crippen MR) is 247 cm³/mol. The Labute approximate surface area is 361 Å². The zero-order chi connectivity index (χ0) is 42.4. The monoisotopic (exact) mass is 821 g/mol. The number of unbranched alkanes of at least 4 members (excludes halogenated alkanes) is 34. The van der Waals surface area contributed by atoms with Gasteiger partial charge in [0.25, 0.3) is 0 Å². The van der Waals surface area contributed by atoms with Crippen LogP contribution in [0, 0.1) is 5.92 Å². The molecule has 0 aromatic rings. The van der Waals surface area contributed by atoms with Crippen molar-refractivity contribution in [3.05, 3.63) is 0 Å². The van der Waals surface area contributed by atoms with Gasteiger partial charge in [0.05, 0.1) is 0 Å². The minimum atomic E-state index is -0.760. The van der Waals surface area contributed by atoms with E-state index in [-0.39, 0.29) is 31.1 Å². The Morgan fingerprint density at radius 2 is 0.569 bits per heavy atom. The van der Waals surface area contributed by atoms with Crippen LogP contribution in [0.15, 0.2) is 0 Å². The maximum atomic E-state index is 12.8. The highest BCUT2D eigenvalue weighted by atomic mass is 16.6. The van der Waals surface area contributed by atoms with E-state index in [0.717, 1.165) is 63.7 Å². The summed E-state index contributed by atoms with van der Waals surface area (Å²) in [6.07, 6.45) is 48.0. The van der Waals surface area contributed by atoms with E-state index >= 15 is 0 Å². The topological polar surface area (TPSA) is 78.9 Å². The summed E-state index contributed by atoms with van der Waals surface area (Å²) in [7, 11) is 0. The Bertz CT molecular complexity index is 872. The molecule has 0 unspecified atom stereocenters. The quantitative estimate of drug-likeness (QED) is 0.0346. The number of carbonyl (C=O) groups is 3. The fraction of sp³-hybridized carbons (Fsp3) is 0.942. The molecular weight excluding hydrogens is 721 g/mol. The second-order valence-corrected chi connectivity index (χ2v) is 18.3. The molecule has 0 bridgehead atoms. The smallest absolute Gasteiger partial charge is 0.306 e. The molecule has 344 valence electrons. The highest BCUT2D eigenvalue weighted by molar-refractivity contribution is 5.71. The molecule has 0 aliphatic rings. The van der Waals surface area contributed by atoms with E-state index < -0.39 is 6.10 Å². The molecule has 0 aromatic heterocycles. The number of carbonyl (C=O) groups excluding carboxylic acids is 3. The molecule has 0 heterocycles. The Balaban J connectivity index is 4.28. The second kappa shape index (κ2) is 46.5. The van der Waals surface area contributed by atoms with Crippen LogP contribution in [0.1, 0.15) is 291 Å². The Morgan fingerprint density at radius 1 is 0.328 bits per heavy atom. The minimum absolute atomic E-state index is 0.0631. The Kier molecular flexibility index (Phi) is 45.2. The Hall–Kier alpha value is -1.59. The molecule has 0 fully saturated rings. The van der Waals surface area contributed by atoms with Crippen LogP contribution in [0.25, 0.3) is 0 Å². The van der Waals surface area contributed by atoms with Crippen molar-refractivity contribution in [1.29, 1.82) is 0 Å². The van der Waals surface area contributed by atoms with Crippen molar-refractivity contribution in [2.75, 3.05) is 13.2 Å². The molecule has 6 heteroatoms. The largest absolute Gasteiger partial charge is 0.462 e. The fourth-order valence-electron chi connectivity index (χ4n) is 7.86. The van der Waals surface area contributed by atoms with E-state index in [1.807, 2.05) is 0 Å². The average Bonchev–Trinajstić information content (AvgIpc) is 3.21. The fourth-order valence-corrected chi connectivity index (χ4v) is 7.86. The van der Waals surface area contributed by atoms with Gasteiger partial charge >= 0.3 is 17.9 Å². The molecule has 0 aliphatic heterocycles. The van der Waals surface area contributed by atoms with Crippen LogP contribution in [-0.4, -0.2) is 37.2 Å². The lowest BCUT2D eigenvalue weighted by Gasteiger charge is -2.18. The lowest BCUT2D eigenvalue weighted by Crippen LogP contribution is -2.30. The highest BCUT2D eigenvalue weighted by Gasteiger charge is 2.19. The molecule has 0 rings (SSSR count). The molecule has 0 N–H and O–H groups in total. The molecule has 0 saturated heterocycles. The molecule has 0 aliphatic carbocycles. The maximum Gasteiger partial charge on any atom is 0.306 e. The van der Waals surface area contributed by atoms with Crippen LogP contribution in [0.3, 0.4) is 0 Å². The normalized spacial score (nSPS) is 11.9. The summed E-state index contributed by atoms with van der Waals surface area (Å²) < 4.78 is 16.8. The molecule has 0 spiro atoms. The van der Waals surface area contributed by atoms with Gasteiger partial charge in [-0.2, -0.15) is 0 Å².